The number of rotatable bonds is 8. The standard InChI is InChI=1S/C15H22N2O3S3/c1-5-20-8-6-7-16-23(18,19)14-9-13(21-12(14)4)15-17-10(2)11(3)22-15/h9,16H,5-8H2,1-4H3. The van der Waals surface area contributed by atoms with Crippen LogP contribution in [0.5, 0.6) is 0 Å². The van der Waals surface area contributed by atoms with Crippen LogP contribution in [-0.2, 0) is 14.8 Å². The summed E-state index contributed by atoms with van der Waals surface area (Å²) in [5.74, 6) is 0. The van der Waals surface area contributed by atoms with Crippen molar-refractivity contribution in [2.24, 2.45) is 0 Å². The van der Waals surface area contributed by atoms with Gasteiger partial charge in [-0.3, -0.25) is 0 Å². The van der Waals surface area contributed by atoms with Gasteiger partial charge in [-0.25, -0.2) is 18.1 Å². The molecule has 23 heavy (non-hydrogen) atoms. The first-order chi connectivity index (χ1) is 10.8. The van der Waals surface area contributed by atoms with Gasteiger partial charge in [-0.15, -0.1) is 22.7 Å². The number of aromatic nitrogens is 1. The minimum atomic E-state index is -3.49. The molecule has 0 amide bonds. The van der Waals surface area contributed by atoms with E-state index in [9.17, 15) is 8.42 Å². The van der Waals surface area contributed by atoms with Crippen molar-refractivity contribution in [1.29, 1.82) is 0 Å². The number of thiophene rings is 1. The number of hydrogen-bond donors (Lipinski definition) is 1. The molecule has 0 atom stereocenters. The lowest BCUT2D eigenvalue weighted by Crippen LogP contribution is -2.25. The maximum atomic E-state index is 12.4. The molecule has 0 aliphatic rings. The van der Waals surface area contributed by atoms with Gasteiger partial charge in [0.15, 0.2) is 0 Å². The lowest BCUT2D eigenvalue weighted by atomic mass is 10.4. The minimum absolute atomic E-state index is 0.347. The molecule has 0 fully saturated rings. The van der Waals surface area contributed by atoms with E-state index in [4.69, 9.17) is 4.74 Å². The van der Waals surface area contributed by atoms with Gasteiger partial charge in [-0.2, -0.15) is 0 Å². The van der Waals surface area contributed by atoms with E-state index in [1.54, 1.807) is 17.4 Å². The number of nitrogens with one attached hydrogen (secondary N) is 1. The first-order valence-corrected chi connectivity index (χ1v) is 10.6. The van der Waals surface area contributed by atoms with Crippen molar-refractivity contribution in [2.45, 2.75) is 39.0 Å². The van der Waals surface area contributed by atoms with E-state index in [0.717, 1.165) is 25.3 Å². The van der Waals surface area contributed by atoms with Crippen LogP contribution in [0, 0.1) is 20.8 Å². The molecule has 0 aliphatic heterocycles. The summed E-state index contributed by atoms with van der Waals surface area (Å²) in [6, 6.07) is 1.72. The monoisotopic (exact) mass is 374 g/mol. The Kier molecular flexibility index (Phi) is 6.33. The van der Waals surface area contributed by atoms with Crippen molar-refractivity contribution < 1.29 is 13.2 Å². The number of sulfonamides is 1. The molecule has 1 N–H and O–H groups in total. The van der Waals surface area contributed by atoms with Crippen molar-refractivity contribution in [3.05, 3.63) is 21.5 Å². The lowest BCUT2D eigenvalue weighted by molar-refractivity contribution is 0.146. The Hall–Kier alpha value is -0.800. The molecule has 2 aromatic heterocycles. The Morgan fingerprint density at radius 2 is 1.96 bits per heavy atom. The van der Waals surface area contributed by atoms with Crippen LogP contribution in [0.25, 0.3) is 9.88 Å². The average Bonchev–Trinajstić information content (AvgIpc) is 3.03. The summed E-state index contributed by atoms with van der Waals surface area (Å²) in [5, 5.41) is 0.880. The van der Waals surface area contributed by atoms with Gasteiger partial charge in [-0.1, -0.05) is 0 Å². The van der Waals surface area contributed by atoms with Crippen molar-refractivity contribution >= 4 is 32.7 Å². The normalized spacial score (nSPS) is 12.0. The molecule has 0 saturated carbocycles. The lowest BCUT2D eigenvalue weighted by Gasteiger charge is -2.06. The zero-order valence-corrected chi connectivity index (χ0v) is 16.3. The highest BCUT2D eigenvalue weighted by Crippen LogP contribution is 2.36. The van der Waals surface area contributed by atoms with E-state index in [1.807, 2.05) is 27.7 Å². The van der Waals surface area contributed by atoms with E-state index in [0.29, 0.717) is 31.1 Å². The molecule has 0 spiro atoms. The van der Waals surface area contributed by atoms with Gasteiger partial charge in [0, 0.05) is 29.5 Å². The topological polar surface area (TPSA) is 68.3 Å². The van der Waals surface area contributed by atoms with Gasteiger partial charge in [-0.05, 0) is 40.2 Å². The maximum Gasteiger partial charge on any atom is 0.241 e. The summed E-state index contributed by atoms with van der Waals surface area (Å²) in [6.07, 6.45) is 0.661. The third kappa shape index (κ3) is 4.60. The Labute approximate surface area is 145 Å². The average molecular weight is 375 g/mol. The van der Waals surface area contributed by atoms with Gasteiger partial charge in [0.2, 0.25) is 10.0 Å². The van der Waals surface area contributed by atoms with Crippen LogP contribution in [0.15, 0.2) is 11.0 Å². The fraction of sp³-hybridized carbons (Fsp3) is 0.533. The minimum Gasteiger partial charge on any atom is -0.382 e. The fourth-order valence-electron chi connectivity index (χ4n) is 2.02. The molecule has 0 saturated heterocycles. The van der Waals surface area contributed by atoms with E-state index < -0.39 is 10.0 Å². The summed E-state index contributed by atoms with van der Waals surface area (Å²) in [4.78, 5) is 7.70. The van der Waals surface area contributed by atoms with Crippen LogP contribution in [0.1, 0.15) is 28.8 Å². The van der Waals surface area contributed by atoms with Crippen molar-refractivity contribution in [3.63, 3.8) is 0 Å². The number of nitrogens with zero attached hydrogens (tertiary/aromatic N) is 1. The van der Waals surface area contributed by atoms with Crippen LogP contribution in [0.4, 0.5) is 0 Å². The van der Waals surface area contributed by atoms with Crippen LogP contribution in [0.3, 0.4) is 0 Å². The SMILES string of the molecule is CCOCCCNS(=O)(=O)c1cc(-c2nc(C)c(C)s2)sc1C. The Bertz CT molecular complexity index is 744. The van der Waals surface area contributed by atoms with E-state index in [1.165, 1.54) is 11.3 Å². The third-order valence-electron chi connectivity index (χ3n) is 3.36. The molecular weight excluding hydrogens is 352 g/mol. The number of aryl methyl sites for hydroxylation is 3. The van der Waals surface area contributed by atoms with Gasteiger partial charge in [0.05, 0.1) is 15.5 Å². The van der Waals surface area contributed by atoms with E-state index >= 15 is 0 Å². The molecule has 128 valence electrons. The molecule has 2 heterocycles. The second-order valence-corrected chi connectivity index (χ2v) is 9.33. The summed E-state index contributed by atoms with van der Waals surface area (Å²) >= 11 is 3.06. The zero-order valence-electron chi connectivity index (χ0n) is 13.8. The maximum absolute atomic E-state index is 12.4. The second-order valence-electron chi connectivity index (χ2n) is 5.14. The molecule has 0 bridgehead atoms. The van der Waals surface area contributed by atoms with Gasteiger partial charge in [0.1, 0.15) is 5.01 Å². The zero-order chi connectivity index (χ0) is 17.0. The van der Waals surface area contributed by atoms with Crippen LogP contribution in [0.2, 0.25) is 0 Å². The van der Waals surface area contributed by atoms with E-state index in [-0.39, 0.29) is 0 Å². The van der Waals surface area contributed by atoms with Gasteiger partial charge in [0.25, 0.3) is 0 Å². The molecule has 5 nitrogen and oxygen atoms in total. The fourth-order valence-corrected chi connectivity index (χ4v) is 5.64. The molecule has 0 aromatic carbocycles. The Morgan fingerprint density at radius 1 is 1.22 bits per heavy atom. The first kappa shape index (κ1) is 18.5. The summed E-state index contributed by atoms with van der Waals surface area (Å²) in [6.45, 7) is 9.32. The quantitative estimate of drug-likeness (QED) is 0.718. The number of thiazole rings is 1. The molecule has 8 heteroatoms. The van der Waals surface area contributed by atoms with Crippen molar-refractivity contribution in [3.8, 4) is 9.88 Å². The molecule has 0 unspecified atom stereocenters. The third-order valence-corrected chi connectivity index (χ3v) is 7.37. The molecule has 2 rings (SSSR count). The summed E-state index contributed by atoms with van der Waals surface area (Å²) in [5.41, 5.74) is 0.995. The summed E-state index contributed by atoms with van der Waals surface area (Å²) < 4.78 is 32.7. The van der Waals surface area contributed by atoms with Gasteiger partial charge >= 0.3 is 0 Å². The summed E-state index contributed by atoms with van der Waals surface area (Å²) in [7, 11) is -3.49. The largest absolute Gasteiger partial charge is 0.382 e. The highest BCUT2D eigenvalue weighted by Gasteiger charge is 2.21. The predicted octanol–water partition coefficient (Wildman–Crippen LogP) is 3.50. The first-order valence-electron chi connectivity index (χ1n) is 7.47. The molecule has 0 aliphatic carbocycles. The second kappa shape index (κ2) is 7.85. The highest BCUT2D eigenvalue weighted by molar-refractivity contribution is 7.89. The highest BCUT2D eigenvalue weighted by atomic mass is 32.2. The molecule has 2 aromatic rings. The van der Waals surface area contributed by atoms with Crippen LogP contribution in [-0.4, -0.2) is 33.2 Å². The predicted molar refractivity (Wildman–Crippen MR) is 95.9 cm³/mol. The Morgan fingerprint density at radius 3 is 2.57 bits per heavy atom. The Balaban J connectivity index is 2.13. The number of hydrogen-bond acceptors (Lipinski definition) is 6. The smallest absolute Gasteiger partial charge is 0.241 e. The van der Waals surface area contributed by atoms with E-state index in [2.05, 4.69) is 9.71 Å². The molecular formula is C15H22N2O3S3. The molecule has 0 radical (unpaired) electrons. The number of ether oxygens (including phenoxy) is 1. The van der Waals surface area contributed by atoms with Crippen LogP contribution >= 0.6 is 22.7 Å². The van der Waals surface area contributed by atoms with Crippen molar-refractivity contribution in [2.75, 3.05) is 19.8 Å². The van der Waals surface area contributed by atoms with Gasteiger partial charge < -0.3 is 4.74 Å². The van der Waals surface area contributed by atoms with Crippen LogP contribution < -0.4 is 4.72 Å². The van der Waals surface area contributed by atoms with Crippen molar-refractivity contribution in [1.82, 2.24) is 9.71 Å².